The van der Waals surface area contributed by atoms with Crippen LogP contribution >= 0.6 is 0 Å². The Morgan fingerprint density at radius 1 is 0.912 bits per heavy atom. The molecule has 4 N–H and O–H groups in total. The molecule has 3 aromatic rings. The summed E-state index contributed by atoms with van der Waals surface area (Å²) >= 11 is 0. The van der Waals surface area contributed by atoms with E-state index in [1.165, 1.54) is 20.1 Å². The number of esters is 3. The molecule has 0 atom stereocenters. The molecule has 0 heterocycles. The second-order valence-electron chi connectivity index (χ2n) is 6.92. The van der Waals surface area contributed by atoms with Crippen LogP contribution in [0.5, 0.6) is 5.75 Å². The van der Waals surface area contributed by atoms with E-state index in [0.717, 1.165) is 5.56 Å². The van der Waals surface area contributed by atoms with Gasteiger partial charge in [-0.25, -0.2) is 9.59 Å². The quantitative estimate of drug-likeness (QED) is 0.243. The van der Waals surface area contributed by atoms with Crippen molar-refractivity contribution >= 4 is 35.4 Å². The minimum absolute atomic E-state index is 0.0592. The maximum Gasteiger partial charge on any atom is 0.343 e. The molecule has 0 saturated heterocycles. The smallest absolute Gasteiger partial charge is 0.343 e. The predicted molar refractivity (Wildman–Crippen MR) is 130 cm³/mol. The maximum atomic E-state index is 12.0. The van der Waals surface area contributed by atoms with Crippen molar-refractivity contribution in [1.82, 2.24) is 0 Å². The molecule has 3 aromatic carbocycles. The van der Waals surface area contributed by atoms with Crippen LogP contribution in [0.25, 0.3) is 6.08 Å². The van der Waals surface area contributed by atoms with Crippen LogP contribution in [-0.4, -0.2) is 25.0 Å². The lowest BCUT2D eigenvalue weighted by Gasteiger charge is -2.06. The molecule has 34 heavy (non-hydrogen) atoms. The number of hydrogen-bond donors (Lipinski definition) is 2. The van der Waals surface area contributed by atoms with Crippen LogP contribution in [0.3, 0.4) is 0 Å². The molecule has 0 radical (unpaired) electrons. The Morgan fingerprint density at radius 2 is 1.56 bits per heavy atom. The molecule has 0 aliphatic carbocycles. The lowest BCUT2D eigenvalue weighted by atomic mass is 10.2. The number of benzene rings is 3. The van der Waals surface area contributed by atoms with Gasteiger partial charge in [0.05, 0.1) is 12.7 Å². The van der Waals surface area contributed by atoms with Crippen LogP contribution in [0.1, 0.15) is 28.4 Å². The summed E-state index contributed by atoms with van der Waals surface area (Å²) in [5.41, 5.74) is 14.4. The lowest BCUT2D eigenvalue weighted by Crippen LogP contribution is -2.07. The number of ether oxygens (including phenoxy) is 3. The highest BCUT2D eigenvalue weighted by atomic mass is 16.5. The van der Waals surface area contributed by atoms with E-state index in [4.69, 9.17) is 20.9 Å². The number of hydrogen-bond acceptors (Lipinski definition) is 8. The van der Waals surface area contributed by atoms with Gasteiger partial charge >= 0.3 is 17.9 Å². The highest BCUT2D eigenvalue weighted by Crippen LogP contribution is 2.17. The van der Waals surface area contributed by atoms with Gasteiger partial charge in [0.1, 0.15) is 12.4 Å². The predicted octanol–water partition coefficient (Wildman–Crippen LogP) is 4.01. The highest BCUT2D eigenvalue weighted by Gasteiger charge is 2.07. The fraction of sp³-hybridized carbons (Fsp3) is 0.115. The van der Waals surface area contributed by atoms with Gasteiger partial charge in [-0.05, 0) is 48.0 Å². The van der Waals surface area contributed by atoms with Gasteiger partial charge in [-0.1, -0.05) is 36.4 Å². The average Bonchev–Trinajstić information content (AvgIpc) is 2.84. The molecule has 0 bridgehead atoms. The summed E-state index contributed by atoms with van der Waals surface area (Å²) in [6, 6.07) is 20.5. The summed E-state index contributed by atoms with van der Waals surface area (Å²) < 4.78 is 14.6. The number of nitrogens with two attached hydrogens (primary N) is 2. The van der Waals surface area contributed by atoms with E-state index < -0.39 is 11.9 Å². The number of rotatable bonds is 6. The standard InChI is InChI=1S/C23H20N2O4.C3H6O2/c24-19-10-9-18(21(25)14-19)15-28-22(26)13-8-16-6-11-20(12-7-16)29-23(27)17-4-2-1-3-5-17;1-3(4)5-2/h1-14H,15,24-25H2;1-2H3/b13-8+;. The SMILES string of the molecule is COC(C)=O.Nc1ccc(COC(=O)/C=C/c2ccc(OC(=O)c3ccccc3)cc2)c(N)c1. The normalized spacial score (nSPS) is 10.1. The molecular weight excluding hydrogens is 436 g/mol. The van der Waals surface area contributed by atoms with Gasteiger partial charge in [0.2, 0.25) is 0 Å². The van der Waals surface area contributed by atoms with Crippen molar-refractivity contribution in [3.63, 3.8) is 0 Å². The van der Waals surface area contributed by atoms with E-state index in [1.807, 2.05) is 6.07 Å². The van der Waals surface area contributed by atoms with Crippen LogP contribution in [0.4, 0.5) is 11.4 Å². The Kier molecular flexibility index (Phi) is 9.87. The molecule has 0 amide bonds. The van der Waals surface area contributed by atoms with Crippen molar-refractivity contribution in [2.24, 2.45) is 0 Å². The number of anilines is 2. The van der Waals surface area contributed by atoms with Crippen LogP contribution in [0, 0.1) is 0 Å². The van der Waals surface area contributed by atoms with Gasteiger partial charge in [0.25, 0.3) is 0 Å². The van der Waals surface area contributed by atoms with E-state index >= 15 is 0 Å². The zero-order chi connectivity index (χ0) is 24.9. The molecule has 8 nitrogen and oxygen atoms in total. The third kappa shape index (κ3) is 8.88. The molecule has 0 aliphatic heterocycles. The summed E-state index contributed by atoms with van der Waals surface area (Å²) in [4.78, 5) is 33.5. The first kappa shape index (κ1) is 25.7. The van der Waals surface area contributed by atoms with E-state index in [0.29, 0.717) is 28.3 Å². The van der Waals surface area contributed by atoms with Gasteiger partial charge in [-0.15, -0.1) is 0 Å². The van der Waals surface area contributed by atoms with Crippen molar-refractivity contribution < 1.29 is 28.6 Å². The van der Waals surface area contributed by atoms with Crippen LogP contribution in [-0.2, 0) is 25.7 Å². The third-order valence-electron chi connectivity index (χ3n) is 4.34. The van der Waals surface area contributed by atoms with Crippen LogP contribution < -0.4 is 16.2 Å². The van der Waals surface area contributed by atoms with Crippen molar-refractivity contribution in [3.05, 3.63) is 95.6 Å². The number of methoxy groups -OCH3 is 1. The van der Waals surface area contributed by atoms with E-state index in [2.05, 4.69) is 4.74 Å². The van der Waals surface area contributed by atoms with Crippen molar-refractivity contribution in [3.8, 4) is 5.75 Å². The first-order valence-corrected chi connectivity index (χ1v) is 10.2. The molecule has 0 saturated carbocycles. The van der Waals surface area contributed by atoms with Gasteiger partial charge in [0.15, 0.2) is 0 Å². The van der Waals surface area contributed by atoms with E-state index in [1.54, 1.807) is 72.8 Å². The molecular formula is C26H26N2O6. The average molecular weight is 463 g/mol. The van der Waals surface area contributed by atoms with Gasteiger partial charge in [0, 0.05) is 29.9 Å². The van der Waals surface area contributed by atoms with Gasteiger partial charge in [-0.2, -0.15) is 0 Å². The summed E-state index contributed by atoms with van der Waals surface area (Å²) in [5, 5.41) is 0. The molecule has 0 aromatic heterocycles. The Morgan fingerprint density at radius 3 is 2.15 bits per heavy atom. The third-order valence-corrected chi connectivity index (χ3v) is 4.34. The molecule has 0 unspecified atom stereocenters. The lowest BCUT2D eigenvalue weighted by molar-refractivity contribution is -0.139. The first-order chi connectivity index (χ1) is 16.3. The van der Waals surface area contributed by atoms with Crippen molar-refractivity contribution in [1.29, 1.82) is 0 Å². The minimum Gasteiger partial charge on any atom is -0.469 e. The van der Waals surface area contributed by atoms with Crippen molar-refractivity contribution in [2.45, 2.75) is 13.5 Å². The van der Waals surface area contributed by atoms with Crippen LogP contribution in [0.15, 0.2) is 78.9 Å². The zero-order valence-corrected chi connectivity index (χ0v) is 18.9. The fourth-order valence-corrected chi connectivity index (χ4v) is 2.49. The fourth-order valence-electron chi connectivity index (χ4n) is 2.49. The Hall–Kier alpha value is -4.59. The minimum atomic E-state index is -0.499. The van der Waals surface area contributed by atoms with Crippen LogP contribution in [0.2, 0.25) is 0 Å². The largest absolute Gasteiger partial charge is 0.469 e. The molecule has 176 valence electrons. The molecule has 0 spiro atoms. The first-order valence-electron chi connectivity index (χ1n) is 10.2. The molecule has 0 fully saturated rings. The highest BCUT2D eigenvalue weighted by molar-refractivity contribution is 5.91. The number of carbonyl (C=O) groups is 3. The summed E-state index contributed by atoms with van der Waals surface area (Å²) in [6.07, 6.45) is 2.93. The summed E-state index contributed by atoms with van der Waals surface area (Å²) in [6.45, 7) is 1.42. The van der Waals surface area contributed by atoms with Gasteiger partial charge in [-0.3, -0.25) is 4.79 Å². The Balaban J connectivity index is 0.000000739. The number of nitrogen functional groups attached to an aromatic ring is 2. The van der Waals surface area contributed by atoms with Crippen molar-refractivity contribution in [2.75, 3.05) is 18.6 Å². The Bertz CT molecular complexity index is 1140. The summed E-state index contributed by atoms with van der Waals surface area (Å²) in [7, 11) is 1.35. The topological polar surface area (TPSA) is 131 Å². The zero-order valence-electron chi connectivity index (χ0n) is 18.9. The second-order valence-corrected chi connectivity index (χ2v) is 6.92. The second kappa shape index (κ2) is 13.1. The van der Waals surface area contributed by atoms with E-state index in [-0.39, 0.29) is 12.6 Å². The maximum absolute atomic E-state index is 12.0. The van der Waals surface area contributed by atoms with Gasteiger partial charge < -0.3 is 25.7 Å². The Labute approximate surface area is 197 Å². The van der Waals surface area contributed by atoms with E-state index in [9.17, 15) is 14.4 Å². The monoisotopic (exact) mass is 462 g/mol. The number of carbonyl (C=O) groups excluding carboxylic acids is 3. The molecule has 3 rings (SSSR count). The molecule has 8 heteroatoms. The summed E-state index contributed by atoms with van der Waals surface area (Å²) in [5.74, 6) is -0.761. The molecule has 0 aliphatic rings.